The van der Waals surface area contributed by atoms with Crippen molar-refractivity contribution in [2.24, 2.45) is 17.3 Å². The molecule has 3 nitrogen and oxygen atoms in total. The highest BCUT2D eigenvalue weighted by molar-refractivity contribution is 6.65. The molecule has 0 aromatic heterocycles. The minimum absolute atomic E-state index is 0.0810. The Bertz CT molecular complexity index is 339. The molecule has 15 heavy (non-hydrogen) atoms. The number of ether oxygens (including phenoxy) is 1. The number of hydrogen-bond donors (Lipinski definition) is 0. The highest BCUT2D eigenvalue weighted by Gasteiger charge is 2.71. The van der Waals surface area contributed by atoms with Crippen molar-refractivity contribution in [2.75, 3.05) is 0 Å². The van der Waals surface area contributed by atoms with Crippen molar-refractivity contribution in [1.29, 1.82) is 0 Å². The second kappa shape index (κ2) is 2.97. The molecule has 1 saturated heterocycles. The monoisotopic (exact) mass is 230 g/mol. The first-order chi connectivity index (χ1) is 6.84. The average Bonchev–Trinajstić information content (AvgIpc) is 2.51. The second-order valence-electron chi connectivity index (χ2n) is 5.19. The molecule has 1 unspecified atom stereocenters. The SMILES string of the molecule is CC(C)[C@@H]1C2(C)CC[C@@]1(C(=O)Cl)OC2=O. The minimum atomic E-state index is -1.04. The lowest BCUT2D eigenvalue weighted by Gasteiger charge is -2.29. The van der Waals surface area contributed by atoms with Crippen LogP contribution >= 0.6 is 11.6 Å². The molecule has 2 bridgehead atoms. The van der Waals surface area contributed by atoms with E-state index in [4.69, 9.17) is 16.3 Å². The molecule has 0 N–H and O–H groups in total. The number of halogens is 1. The molecular formula is C11H15ClO3. The van der Waals surface area contributed by atoms with Gasteiger partial charge >= 0.3 is 5.97 Å². The van der Waals surface area contributed by atoms with Gasteiger partial charge in [-0.05, 0) is 37.3 Å². The third-order valence-corrected chi connectivity index (χ3v) is 4.26. The molecule has 2 aliphatic rings. The van der Waals surface area contributed by atoms with Gasteiger partial charge in [0.1, 0.15) is 0 Å². The molecule has 1 heterocycles. The predicted octanol–water partition coefficient (Wildman–Crippen LogP) is 2.12. The van der Waals surface area contributed by atoms with Gasteiger partial charge in [-0.3, -0.25) is 9.59 Å². The van der Waals surface area contributed by atoms with E-state index in [1.54, 1.807) is 0 Å². The first kappa shape index (κ1) is 10.9. The van der Waals surface area contributed by atoms with Crippen LogP contribution in [0, 0.1) is 17.3 Å². The summed E-state index contributed by atoms with van der Waals surface area (Å²) in [5, 5.41) is -0.518. The van der Waals surface area contributed by atoms with Crippen LogP contribution in [0.25, 0.3) is 0 Å². The lowest BCUT2D eigenvalue weighted by atomic mass is 9.72. The summed E-state index contributed by atoms with van der Waals surface area (Å²) < 4.78 is 5.27. The highest BCUT2D eigenvalue weighted by atomic mass is 35.5. The maximum absolute atomic E-state index is 11.7. The Hall–Kier alpha value is -0.570. The normalized spacial score (nSPS) is 43.5. The maximum Gasteiger partial charge on any atom is 0.313 e. The van der Waals surface area contributed by atoms with E-state index in [2.05, 4.69) is 0 Å². The van der Waals surface area contributed by atoms with Crippen molar-refractivity contribution in [3.63, 3.8) is 0 Å². The van der Waals surface area contributed by atoms with Gasteiger partial charge in [-0.25, -0.2) is 0 Å². The van der Waals surface area contributed by atoms with E-state index in [1.165, 1.54) is 0 Å². The Morgan fingerprint density at radius 1 is 1.53 bits per heavy atom. The third-order valence-electron chi connectivity index (χ3n) is 3.95. The summed E-state index contributed by atoms with van der Waals surface area (Å²) >= 11 is 5.62. The van der Waals surface area contributed by atoms with Crippen LogP contribution in [0.3, 0.4) is 0 Å². The zero-order valence-electron chi connectivity index (χ0n) is 9.17. The fourth-order valence-electron chi connectivity index (χ4n) is 3.43. The standard InChI is InChI=1S/C11H15ClO3/c1-6(2)7-10(3)4-5-11(7,8(12)13)15-9(10)14/h6-7H,4-5H2,1-3H3/t7-,10?,11-/m1/s1. The van der Waals surface area contributed by atoms with Gasteiger partial charge in [-0.1, -0.05) is 13.8 Å². The van der Waals surface area contributed by atoms with Gasteiger partial charge in [0.05, 0.1) is 5.41 Å². The lowest BCUT2D eigenvalue weighted by Crippen LogP contribution is -2.42. The maximum atomic E-state index is 11.7. The Balaban J connectivity index is 2.51. The number of carbonyl (C=O) groups excluding carboxylic acids is 2. The summed E-state index contributed by atoms with van der Waals surface area (Å²) in [6.07, 6.45) is 1.27. The van der Waals surface area contributed by atoms with Crippen molar-refractivity contribution in [2.45, 2.75) is 39.2 Å². The van der Waals surface area contributed by atoms with Crippen LogP contribution in [0.2, 0.25) is 0 Å². The number of hydrogen-bond acceptors (Lipinski definition) is 3. The van der Waals surface area contributed by atoms with Crippen LogP contribution in [0.4, 0.5) is 0 Å². The second-order valence-corrected chi connectivity index (χ2v) is 5.54. The molecule has 1 saturated carbocycles. The summed E-state index contributed by atoms with van der Waals surface area (Å²) in [7, 11) is 0. The predicted molar refractivity (Wildman–Crippen MR) is 55.4 cm³/mol. The third kappa shape index (κ3) is 1.13. The lowest BCUT2D eigenvalue weighted by molar-refractivity contribution is -0.163. The number of carbonyl (C=O) groups is 2. The summed E-state index contributed by atoms with van der Waals surface area (Å²) in [4.78, 5) is 23.3. The molecule has 0 radical (unpaired) electrons. The van der Waals surface area contributed by atoms with Crippen molar-refractivity contribution in [3.05, 3.63) is 0 Å². The molecule has 3 atom stereocenters. The fraction of sp³-hybridized carbons (Fsp3) is 0.818. The van der Waals surface area contributed by atoms with Gasteiger partial charge in [-0.15, -0.1) is 0 Å². The average molecular weight is 231 g/mol. The van der Waals surface area contributed by atoms with Crippen LogP contribution in [0.15, 0.2) is 0 Å². The van der Waals surface area contributed by atoms with Crippen LogP contribution in [0.5, 0.6) is 0 Å². The Morgan fingerprint density at radius 3 is 2.47 bits per heavy atom. The number of fused-ring (bicyclic) bond motifs is 2. The Labute approximate surface area is 94.1 Å². The summed E-state index contributed by atoms with van der Waals surface area (Å²) in [5.41, 5.74) is -1.56. The van der Waals surface area contributed by atoms with Crippen LogP contribution in [-0.2, 0) is 14.3 Å². The van der Waals surface area contributed by atoms with Crippen molar-refractivity contribution in [1.82, 2.24) is 0 Å². The van der Waals surface area contributed by atoms with Gasteiger partial charge in [0.25, 0.3) is 5.24 Å². The Kier molecular flexibility index (Phi) is 2.16. The molecule has 0 amide bonds. The van der Waals surface area contributed by atoms with Gasteiger partial charge < -0.3 is 4.74 Å². The quantitative estimate of drug-likeness (QED) is 0.539. The van der Waals surface area contributed by atoms with E-state index < -0.39 is 16.3 Å². The molecule has 0 aromatic rings. The zero-order valence-corrected chi connectivity index (χ0v) is 9.93. The smallest absolute Gasteiger partial charge is 0.313 e. The molecule has 0 spiro atoms. The van der Waals surface area contributed by atoms with Gasteiger partial charge in [0.2, 0.25) is 0 Å². The number of esters is 1. The number of rotatable bonds is 2. The van der Waals surface area contributed by atoms with E-state index in [0.29, 0.717) is 12.8 Å². The van der Waals surface area contributed by atoms with E-state index in [1.807, 2.05) is 20.8 Å². The fourth-order valence-corrected chi connectivity index (χ4v) is 3.68. The molecule has 2 rings (SSSR count). The van der Waals surface area contributed by atoms with E-state index in [9.17, 15) is 9.59 Å². The molecule has 84 valence electrons. The minimum Gasteiger partial charge on any atom is -0.449 e. The summed E-state index contributed by atoms with van der Waals surface area (Å²) in [6, 6.07) is 0. The molecule has 1 aliphatic heterocycles. The van der Waals surface area contributed by atoms with E-state index >= 15 is 0 Å². The Morgan fingerprint density at radius 2 is 2.13 bits per heavy atom. The van der Waals surface area contributed by atoms with Crippen LogP contribution in [0.1, 0.15) is 33.6 Å². The molecule has 1 aliphatic carbocycles. The molecule has 4 heteroatoms. The highest BCUT2D eigenvalue weighted by Crippen LogP contribution is 2.61. The molecule has 2 fully saturated rings. The largest absolute Gasteiger partial charge is 0.449 e. The molecule has 0 aromatic carbocycles. The van der Waals surface area contributed by atoms with Crippen molar-refractivity contribution < 1.29 is 14.3 Å². The van der Waals surface area contributed by atoms with Crippen molar-refractivity contribution in [3.8, 4) is 0 Å². The van der Waals surface area contributed by atoms with Gasteiger partial charge in [0.15, 0.2) is 5.60 Å². The first-order valence-electron chi connectivity index (χ1n) is 5.28. The summed E-state index contributed by atoms with van der Waals surface area (Å²) in [5.74, 6) is -0.129. The van der Waals surface area contributed by atoms with Gasteiger partial charge in [-0.2, -0.15) is 0 Å². The van der Waals surface area contributed by atoms with Crippen LogP contribution < -0.4 is 0 Å². The van der Waals surface area contributed by atoms with Crippen molar-refractivity contribution >= 4 is 22.8 Å². The topological polar surface area (TPSA) is 43.4 Å². The zero-order chi connectivity index (χ0) is 11.4. The van der Waals surface area contributed by atoms with E-state index in [-0.39, 0.29) is 17.8 Å². The molecular weight excluding hydrogens is 216 g/mol. The first-order valence-corrected chi connectivity index (χ1v) is 5.66. The summed E-state index contributed by atoms with van der Waals surface area (Å²) in [6.45, 7) is 5.89. The van der Waals surface area contributed by atoms with Crippen LogP contribution in [-0.4, -0.2) is 16.8 Å². The van der Waals surface area contributed by atoms with Gasteiger partial charge in [0, 0.05) is 5.92 Å². The van der Waals surface area contributed by atoms with E-state index in [0.717, 1.165) is 0 Å².